The van der Waals surface area contributed by atoms with Crippen molar-refractivity contribution < 1.29 is 23.2 Å². The number of nitrogens with zero attached hydrogens (tertiary/aromatic N) is 1. The molecule has 0 aromatic carbocycles. The Morgan fingerprint density at radius 3 is 2.62 bits per heavy atom. The zero-order valence-corrected chi connectivity index (χ0v) is 15.5. The van der Waals surface area contributed by atoms with Crippen molar-refractivity contribution in [1.29, 1.82) is 0 Å². The molecular weight excluding hydrogens is 332 g/mol. The molecule has 1 unspecified atom stereocenters. The zero-order chi connectivity index (χ0) is 18.2. The number of aromatic nitrogens is 1. The van der Waals surface area contributed by atoms with E-state index in [0.29, 0.717) is 12.1 Å². The van der Waals surface area contributed by atoms with Crippen molar-refractivity contribution in [3.63, 3.8) is 0 Å². The van der Waals surface area contributed by atoms with Gasteiger partial charge in [-0.15, -0.1) is 0 Å². The van der Waals surface area contributed by atoms with Crippen LogP contribution in [0.2, 0.25) is 0 Å². The molecule has 0 radical (unpaired) electrons. The molecule has 0 saturated heterocycles. The van der Waals surface area contributed by atoms with Crippen LogP contribution >= 0.6 is 0 Å². The van der Waals surface area contributed by atoms with Crippen LogP contribution in [0.5, 0.6) is 0 Å². The number of aliphatic hydroxyl groups is 1. The highest BCUT2D eigenvalue weighted by atomic mass is 32.3. The van der Waals surface area contributed by atoms with Crippen LogP contribution in [-0.2, 0) is 24.6 Å². The van der Waals surface area contributed by atoms with E-state index in [0.717, 1.165) is 12.8 Å². The van der Waals surface area contributed by atoms with E-state index in [1.54, 1.807) is 6.07 Å². The van der Waals surface area contributed by atoms with E-state index >= 15 is 0 Å². The molecule has 1 fully saturated rings. The Morgan fingerprint density at radius 1 is 1.50 bits per heavy atom. The molecule has 1 atom stereocenters. The molecular formula is C16H27N2O5S+. The summed E-state index contributed by atoms with van der Waals surface area (Å²) in [6.07, 6.45) is 2.22. The smallest absolute Gasteiger partial charge is 0.285 e. The molecule has 7 nitrogen and oxygen atoms in total. The first-order valence-electron chi connectivity index (χ1n) is 8.17. The van der Waals surface area contributed by atoms with Gasteiger partial charge in [-0.05, 0) is 39.0 Å². The van der Waals surface area contributed by atoms with Crippen molar-refractivity contribution in [2.45, 2.75) is 57.1 Å². The first-order valence-corrected chi connectivity index (χ1v) is 9.86. The zero-order valence-electron chi connectivity index (χ0n) is 14.7. The average Bonchev–Trinajstić information content (AvgIpc) is 3.17. The molecule has 2 rings (SSSR count). The Hall–Kier alpha value is -1.25. The van der Waals surface area contributed by atoms with Crippen LogP contribution in [0.3, 0.4) is 0 Å². The van der Waals surface area contributed by atoms with Gasteiger partial charge in [-0.3, -0.25) is 10.1 Å². The highest BCUT2D eigenvalue weighted by molar-refractivity contribution is 7.99. The van der Waals surface area contributed by atoms with Crippen molar-refractivity contribution >= 4 is 22.0 Å². The van der Waals surface area contributed by atoms with Gasteiger partial charge in [-0.25, -0.2) is 0 Å². The summed E-state index contributed by atoms with van der Waals surface area (Å²) in [5.41, 5.74) is 0.242. The number of nitrogens with one attached hydrogen (secondary N) is 1. The van der Waals surface area contributed by atoms with Crippen LogP contribution in [0, 0.1) is 5.92 Å². The second-order valence-electron chi connectivity index (χ2n) is 7.51. The summed E-state index contributed by atoms with van der Waals surface area (Å²) in [7, 11) is -3.35. The van der Waals surface area contributed by atoms with Crippen molar-refractivity contribution in [2.24, 2.45) is 5.92 Å². The SMILES string of the molecule is CC(C)CC[S+](=O)(O)C(C)(C)C(=O)Nc1cc(C2(CO)CC2)no1. The summed E-state index contributed by atoms with van der Waals surface area (Å²) in [5, 5.41) is 15.8. The van der Waals surface area contributed by atoms with Crippen molar-refractivity contribution in [1.82, 2.24) is 5.16 Å². The van der Waals surface area contributed by atoms with Crippen molar-refractivity contribution in [3.8, 4) is 0 Å². The largest absolute Gasteiger partial charge is 0.395 e. The minimum Gasteiger partial charge on any atom is -0.395 e. The van der Waals surface area contributed by atoms with Gasteiger partial charge in [0, 0.05) is 11.5 Å². The van der Waals surface area contributed by atoms with Crippen LogP contribution in [0.15, 0.2) is 10.6 Å². The van der Waals surface area contributed by atoms with E-state index in [9.17, 15) is 18.7 Å². The standard InChI is InChI=1S/C16H26N2O5S/c1-11(2)5-8-24(21,22)15(3,4)14(20)17-13-9-12(18-23-13)16(10-19)6-7-16/h9,11,19H,5-8,10H2,1-4H3,(H-,17,18,20,21,22)/p+1. The molecule has 3 N–H and O–H groups in total. The fourth-order valence-corrected chi connectivity index (χ4v) is 3.93. The van der Waals surface area contributed by atoms with Gasteiger partial charge in [0.25, 0.3) is 5.91 Å². The van der Waals surface area contributed by atoms with Crippen LogP contribution in [0.25, 0.3) is 0 Å². The Bertz CT molecular complexity index is 649. The number of rotatable bonds is 8. The van der Waals surface area contributed by atoms with Crippen LogP contribution in [0.1, 0.15) is 52.7 Å². The summed E-state index contributed by atoms with van der Waals surface area (Å²) in [6, 6.07) is 1.57. The van der Waals surface area contributed by atoms with Crippen LogP contribution in [0.4, 0.5) is 5.88 Å². The predicted molar refractivity (Wildman–Crippen MR) is 92.2 cm³/mol. The Balaban J connectivity index is 2.06. The number of hydrogen-bond donors (Lipinski definition) is 3. The highest BCUT2D eigenvalue weighted by Gasteiger charge is 2.52. The maximum Gasteiger partial charge on any atom is 0.285 e. The lowest BCUT2D eigenvalue weighted by atomic mass is 10.0. The lowest BCUT2D eigenvalue weighted by Gasteiger charge is -2.22. The number of amides is 1. The molecule has 136 valence electrons. The van der Waals surface area contributed by atoms with E-state index in [1.807, 2.05) is 13.8 Å². The molecule has 0 aliphatic heterocycles. The molecule has 1 aromatic heterocycles. The van der Waals surface area contributed by atoms with Gasteiger partial charge in [-0.1, -0.05) is 23.2 Å². The number of hydrogen-bond acceptors (Lipinski definition) is 5. The Morgan fingerprint density at radius 2 is 2.12 bits per heavy atom. The minimum absolute atomic E-state index is 0.0158. The first kappa shape index (κ1) is 19.1. The van der Waals surface area contributed by atoms with Gasteiger partial charge < -0.3 is 9.63 Å². The summed E-state index contributed by atoms with van der Waals surface area (Å²) < 4.78 is 26.5. The third-order valence-corrected chi connectivity index (χ3v) is 7.33. The van der Waals surface area contributed by atoms with E-state index in [4.69, 9.17) is 4.52 Å². The third-order valence-electron chi connectivity index (χ3n) is 4.76. The van der Waals surface area contributed by atoms with Crippen molar-refractivity contribution in [3.05, 3.63) is 11.8 Å². The van der Waals surface area contributed by atoms with Gasteiger partial charge >= 0.3 is 0 Å². The molecule has 1 aromatic rings. The maximum absolute atomic E-state index is 12.6. The van der Waals surface area contributed by atoms with Gasteiger partial charge in [0.15, 0.2) is 0 Å². The van der Waals surface area contributed by atoms with E-state index in [2.05, 4.69) is 10.5 Å². The lowest BCUT2D eigenvalue weighted by Crippen LogP contribution is -2.49. The molecule has 8 heteroatoms. The predicted octanol–water partition coefficient (Wildman–Crippen LogP) is 2.43. The van der Waals surface area contributed by atoms with Gasteiger partial charge in [0.2, 0.25) is 20.8 Å². The Labute approximate surface area is 143 Å². The summed E-state index contributed by atoms with van der Waals surface area (Å²) in [5.74, 6) is -0.112. The van der Waals surface area contributed by atoms with Gasteiger partial charge in [0.05, 0.1) is 12.3 Å². The van der Waals surface area contributed by atoms with Gasteiger partial charge in [-0.2, -0.15) is 4.55 Å². The molecule has 0 spiro atoms. The minimum atomic E-state index is -3.35. The van der Waals surface area contributed by atoms with E-state index in [-0.39, 0.29) is 29.6 Å². The monoisotopic (exact) mass is 359 g/mol. The van der Waals surface area contributed by atoms with Crippen molar-refractivity contribution in [2.75, 3.05) is 17.7 Å². The molecule has 1 heterocycles. The average molecular weight is 359 g/mol. The topological polar surface area (TPSA) is 113 Å². The summed E-state index contributed by atoms with van der Waals surface area (Å²) in [4.78, 5) is 12.5. The Kier molecular flexibility index (Phi) is 5.22. The fraction of sp³-hybridized carbons (Fsp3) is 0.750. The molecule has 1 aliphatic rings. The molecule has 1 saturated carbocycles. The second kappa shape index (κ2) is 6.57. The second-order valence-corrected chi connectivity index (χ2v) is 10.2. The number of aliphatic hydroxyl groups excluding tert-OH is 1. The van der Waals surface area contributed by atoms with E-state index < -0.39 is 20.9 Å². The van der Waals surface area contributed by atoms with Crippen LogP contribution in [-0.4, -0.2) is 37.8 Å². The lowest BCUT2D eigenvalue weighted by molar-refractivity contribution is -0.118. The molecule has 0 bridgehead atoms. The quantitative estimate of drug-likeness (QED) is 0.615. The molecule has 24 heavy (non-hydrogen) atoms. The number of carbonyl (C=O) groups is 1. The first-order chi connectivity index (χ1) is 11.0. The summed E-state index contributed by atoms with van der Waals surface area (Å²) >= 11 is 0. The maximum atomic E-state index is 12.6. The summed E-state index contributed by atoms with van der Waals surface area (Å²) in [6.45, 7) is 6.83. The normalized spacial score (nSPS) is 19.1. The number of anilines is 1. The highest BCUT2D eigenvalue weighted by Crippen LogP contribution is 2.47. The molecule has 1 amide bonds. The fourth-order valence-electron chi connectivity index (χ4n) is 2.29. The number of carbonyl (C=O) groups excluding carboxylic acids is 1. The van der Waals surface area contributed by atoms with Gasteiger partial charge in [0.1, 0.15) is 5.75 Å². The van der Waals surface area contributed by atoms with E-state index in [1.165, 1.54) is 13.8 Å². The van der Waals surface area contributed by atoms with Crippen LogP contribution < -0.4 is 5.32 Å². The third kappa shape index (κ3) is 3.70. The molecule has 1 aliphatic carbocycles.